The van der Waals surface area contributed by atoms with Gasteiger partial charge in [0.15, 0.2) is 21.3 Å². The summed E-state index contributed by atoms with van der Waals surface area (Å²) in [6.07, 6.45) is 0.566. The summed E-state index contributed by atoms with van der Waals surface area (Å²) in [4.78, 5) is 14.1. The Labute approximate surface area is 157 Å². The van der Waals surface area contributed by atoms with Crippen molar-refractivity contribution in [2.75, 3.05) is 28.8 Å². The summed E-state index contributed by atoms with van der Waals surface area (Å²) in [6.45, 7) is 1.87. The van der Waals surface area contributed by atoms with Gasteiger partial charge in [0.05, 0.1) is 11.5 Å². The number of benzene rings is 1. The first kappa shape index (κ1) is 18.6. The van der Waals surface area contributed by atoms with Crippen LogP contribution in [0.1, 0.15) is 22.5 Å². The third kappa shape index (κ3) is 4.13. The molecule has 1 aliphatic rings. The molecule has 0 bridgehead atoms. The van der Waals surface area contributed by atoms with Crippen molar-refractivity contribution in [2.24, 2.45) is 0 Å². The van der Waals surface area contributed by atoms with Crippen LogP contribution in [0.5, 0.6) is 0 Å². The fourth-order valence-corrected chi connectivity index (χ4v) is 4.76. The molecule has 1 amide bonds. The highest BCUT2D eigenvalue weighted by atomic mass is 35.5. The summed E-state index contributed by atoms with van der Waals surface area (Å²) in [6, 6.07) is 8.35. The number of carbonyl (C=O) groups excluding carboxylic acids is 1. The number of hydrogen-bond donors (Lipinski definition) is 1. The van der Waals surface area contributed by atoms with E-state index in [-0.39, 0.29) is 29.1 Å². The maximum absolute atomic E-state index is 12.4. The van der Waals surface area contributed by atoms with E-state index in [0.29, 0.717) is 22.9 Å². The van der Waals surface area contributed by atoms with Crippen molar-refractivity contribution in [3.05, 3.63) is 46.6 Å². The SMILES string of the molecule is Cc1ccc(Cl)cc1NC(=O)c1ccc(N(C)C2CCS(=O)(=O)C2)nn1. The maximum atomic E-state index is 12.4. The molecule has 1 N–H and O–H groups in total. The van der Waals surface area contributed by atoms with Gasteiger partial charge >= 0.3 is 0 Å². The van der Waals surface area contributed by atoms with Gasteiger partial charge in [-0.1, -0.05) is 17.7 Å². The molecule has 1 aromatic heterocycles. The summed E-state index contributed by atoms with van der Waals surface area (Å²) in [5.74, 6) is 0.444. The highest BCUT2D eigenvalue weighted by Crippen LogP contribution is 2.22. The predicted molar refractivity (Wildman–Crippen MR) is 102 cm³/mol. The van der Waals surface area contributed by atoms with Crippen molar-refractivity contribution >= 4 is 38.9 Å². The number of nitrogens with one attached hydrogen (secondary N) is 1. The number of carbonyl (C=O) groups is 1. The molecule has 2 aromatic rings. The van der Waals surface area contributed by atoms with E-state index in [9.17, 15) is 13.2 Å². The molecule has 0 aliphatic carbocycles. The molecule has 0 saturated carbocycles. The number of sulfone groups is 1. The molecule has 2 heterocycles. The van der Waals surface area contributed by atoms with Crippen LogP contribution in [0, 0.1) is 6.92 Å². The molecular weight excluding hydrogens is 376 g/mol. The van der Waals surface area contributed by atoms with Crippen LogP contribution in [-0.4, -0.2) is 49.1 Å². The Morgan fingerprint density at radius 2 is 2.04 bits per heavy atom. The summed E-state index contributed by atoms with van der Waals surface area (Å²) >= 11 is 5.96. The minimum atomic E-state index is -2.98. The fraction of sp³-hybridized carbons (Fsp3) is 0.353. The number of aryl methyl sites for hydroxylation is 1. The normalized spacial score (nSPS) is 18.5. The number of halogens is 1. The molecule has 1 aliphatic heterocycles. The Balaban J connectivity index is 1.71. The zero-order valence-corrected chi connectivity index (χ0v) is 16.0. The lowest BCUT2D eigenvalue weighted by Gasteiger charge is -2.23. The summed E-state index contributed by atoms with van der Waals surface area (Å²) in [7, 11) is -1.19. The van der Waals surface area contributed by atoms with Crippen LogP contribution in [0.4, 0.5) is 11.5 Å². The molecule has 9 heteroatoms. The fourth-order valence-electron chi connectivity index (χ4n) is 2.82. The van der Waals surface area contributed by atoms with Gasteiger partial charge in [-0.05, 0) is 43.2 Å². The number of aromatic nitrogens is 2. The highest BCUT2D eigenvalue weighted by Gasteiger charge is 2.31. The smallest absolute Gasteiger partial charge is 0.276 e. The average molecular weight is 395 g/mol. The van der Waals surface area contributed by atoms with Gasteiger partial charge in [-0.15, -0.1) is 10.2 Å². The zero-order valence-electron chi connectivity index (χ0n) is 14.4. The van der Waals surface area contributed by atoms with Gasteiger partial charge in [-0.25, -0.2) is 8.42 Å². The number of rotatable bonds is 4. The van der Waals surface area contributed by atoms with Crippen molar-refractivity contribution in [1.29, 1.82) is 0 Å². The van der Waals surface area contributed by atoms with E-state index < -0.39 is 9.84 Å². The van der Waals surface area contributed by atoms with Gasteiger partial charge in [0.25, 0.3) is 5.91 Å². The third-order valence-corrected chi connectivity index (χ3v) is 6.43. The van der Waals surface area contributed by atoms with Gasteiger partial charge in [0.2, 0.25) is 0 Å². The Kier molecular flexibility index (Phi) is 5.15. The van der Waals surface area contributed by atoms with Crippen LogP contribution in [0.2, 0.25) is 5.02 Å². The van der Waals surface area contributed by atoms with E-state index in [2.05, 4.69) is 15.5 Å². The van der Waals surface area contributed by atoms with Gasteiger partial charge < -0.3 is 10.2 Å². The summed E-state index contributed by atoms with van der Waals surface area (Å²) in [5, 5.41) is 11.3. The molecule has 0 spiro atoms. The molecule has 3 rings (SSSR count). The Bertz CT molecular complexity index is 932. The average Bonchev–Trinajstić information content (AvgIpc) is 2.97. The van der Waals surface area contributed by atoms with E-state index in [1.165, 1.54) is 0 Å². The van der Waals surface area contributed by atoms with Gasteiger partial charge in [0.1, 0.15) is 0 Å². The van der Waals surface area contributed by atoms with Crippen LogP contribution in [0.25, 0.3) is 0 Å². The molecule has 7 nitrogen and oxygen atoms in total. The molecule has 1 saturated heterocycles. The number of hydrogen-bond acceptors (Lipinski definition) is 6. The predicted octanol–water partition coefficient (Wildman–Crippen LogP) is 2.31. The zero-order chi connectivity index (χ0) is 18.9. The van der Waals surface area contributed by atoms with Crippen molar-refractivity contribution < 1.29 is 13.2 Å². The topological polar surface area (TPSA) is 92.3 Å². The van der Waals surface area contributed by atoms with Crippen LogP contribution in [0.3, 0.4) is 0 Å². The summed E-state index contributed by atoms with van der Waals surface area (Å²) < 4.78 is 23.2. The van der Waals surface area contributed by atoms with E-state index in [0.717, 1.165) is 5.56 Å². The van der Waals surface area contributed by atoms with Crippen LogP contribution >= 0.6 is 11.6 Å². The molecule has 1 aromatic carbocycles. The highest BCUT2D eigenvalue weighted by molar-refractivity contribution is 7.91. The monoisotopic (exact) mass is 394 g/mol. The minimum absolute atomic E-state index is 0.113. The largest absolute Gasteiger partial charge is 0.354 e. The van der Waals surface area contributed by atoms with Crippen molar-refractivity contribution in [3.8, 4) is 0 Å². The Hall–Kier alpha value is -2.19. The standard InChI is InChI=1S/C17H19ClN4O3S/c1-11-3-4-12(18)9-15(11)19-17(23)14-5-6-16(21-20-14)22(2)13-7-8-26(24,25)10-13/h3-6,9,13H,7-8,10H2,1-2H3,(H,19,23). The van der Waals surface area contributed by atoms with Gasteiger partial charge in [0, 0.05) is 23.8 Å². The quantitative estimate of drug-likeness (QED) is 0.855. The molecule has 1 unspecified atom stereocenters. The first-order chi connectivity index (χ1) is 12.2. The third-order valence-electron chi connectivity index (χ3n) is 4.45. The van der Waals surface area contributed by atoms with Crippen molar-refractivity contribution in [3.63, 3.8) is 0 Å². The number of anilines is 2. The molecule has 138 valence electrons. The lowest BCUT2D eigenvalue weighted by atomic mass is 10.2. The van der Waals surface area contributed by atoms with Crippen LogP contribution in [-0.2, 0) is 9.84 Å². The second kappa shape index (κ2) is 7.20. The number of nitrogens with zero attached hydrogens (tertiary/aromatic N) is 3. The van der Waals surface area contributed by atoms with Crippen molar-refractivity contribution in [2.45, 2.75) is 19.4 Å². The first-order valence-corrected chi connectivity index (χ1v) is 10.3. The maximum Gasteiger partial charge on any atom is 0.276 e. The lowest BCUT2D eigenvalue weighted by Crippen LogP contribution is -2.33. The van der Waals surface area contributed by atoms with Crippen LogP contribution in [0.15, 0.2) is 30.3 Å². The Morgan fingerprint density at radius 1 is 1.27 bits per heavy atom. The first-order valence-electron chi connectivity index (χ1n) is 8.10. The molecule has 0 radical (unpaired) electrons. The van der Waals surface area contributed by atoms with E-state index in [1.54, 1.807) is 36.2 Å². The van der Waals surface area contributed by atoms with Crippen LogP contribution < -0.4 is 10.2 Å². The van der Waals surface area contributed by atoms with Gasteiger partial charge in [-0.3, -0.25) is 4.79 Å². The minimum Gasteiger partial charge on any atom is -0.354 e. The van der Waals surface area contributed by atoms with E-state index in [1.807, 2.05) is 13.0 Å². The molecule has 1 fully saturated rings. The molecular formula is C17H19ClN4O3S. The molecule has 26 heavy (non-hydrogen) atoms. The second-order valence-electron chi connectivity index (χ2n) is 6.36. The molecule has 1 atom stereocenters. The van der Waals surface area contributed by atoms with Crippen molar-refractivity contribution in [1.82, 2.24) is 10.2 Å². The van der Waals surface area contributed by atoms with Gasteiger partial charge in [-0.2, -0.15) is 0 Å². The Morgan fingerprint density at radius 3 is 2.65 bits per heavy atom. The summed E-state index contributed by atoms with van der Waals surface area (Å²) in [5.41, 5.74) is 1.66. The number of amides is 1. The lowest BCUT2D eigenvalue weighted by molar-refractivity contribution is 0.102. The van der Waals surface area contributed by atoms with E-state index >= 15 is 0 Å². The van der Waals surface area contributed by atoms with E-state index in [4.69, 9.17) is 11.6 Å². The second-order valence-corrected chi connectivity index (χ2v) is 9.02.